The number of carbonyl (C=O) groups is 1. The van der Waals surface area contributed by atoms with Crippen molar-refractivity contribution >= 4 is 5.91 Å². The molecule has 3 nitrogen and oxygen atoms in total. The van der Waals surface area contributed by atoms with Crippen molar-refractivity contribution in [2.45, 2.75) is 57.5 Å². The molecule has 1 heterocycles. The summed E-state index contributed by atoms with van der Waals surface area (Å²) >= 11 is 0. The highest BCUT2D eigenvalue weighted by molar-refractivity contribution is 5.79. The van der Waals surface area contributed by atoms with Gasteiger partial charge in [-0.2, -0.15) is 0 Å². The first-order valence-electron chi connectivity index (χ1n) is 8.88. The number of piperidine rings is 1. The molecule has 120 valence electrons. The molecule has 22 heavy (non-hydrogen) atoms. The average molecular weight is 300 g/mol. The summed E-state index contributed by atoms with van der Waals surface area (Å²) in [6.07, 6.45) is 8.14. The average Bonchev–Trinajstić information content (AvgIpc) is 2.58. The van der Waals surface area contributed by atoms with Crippen LogP contribution >= 0.6 is 0 Å². The molecule has 1 aromatic rings. The summed E-state index contributed by atoms with van der Waals surface area (Å²) in [7, 11) is 0. The normalized spacial score (nSPS) is 21.6. The molecule has 0 spiro atoms. The summed E-state index contributed by atoms with van der Waals surface area (Å²) in [5, 5.41) is 3.31. The van der Waals surface area contributed by atoms with Crippen molar-refractivity contribution < 1.29 is 4.79 Å². The van der Waals surface area contributed by atoms with Crippen molar-refractivity contribution in [3.63, 3.8) is 0 Å². The van der Waals surface area contributed by atoms with Crippen LogP contribution in [0.2, 0.25) is 0 Å². The van der Waals surface area contributed by atoms with Crippen molar-refractivity contribution in [2.75, 3.05) is 13.1 Å². The van der Waals surface area contributed by atoms with Crippen LogP contribution in [0.3, 0.4) is 0 Å². The number of nitrogens with zero attached hydrogens (tertiary/aromatic N) is 1. The Morgan fingerprint density at radius 2 is 1.68 bits per heavy atom. The maximum absolute atomic E-state index is 12.3. The number of nitrogens with one attached hydrogen (secondary N) is 1. The van der Waals surface area contributed by atoms with E-state index in [1.54, 1.807) is 0 Å². The lowest BCUT2D eigenvalue weighted by Crippen LogP contribution is -2.46. The minimum Gasteiger partial charge on any atom is -0.353 e. The van der Waals surface area contributed by atoms with Crippen molar-refractivity contribution in [1.29, 1.82) is 0 Å². The van der Waals surface area contributed by atoms with Crippen LogP contribution < -0.4 is 5.32 Å². The third-order valence-corrected chi connectivity index (χ3v) is 5.16. The predicted molar refractivity (Wildman–Crippen MR) is 89.5 cm³/mol. The van der Waals surface area contributed by atoms with E-state index in [2.05, 4.69) is 40.5 Å². The predicted octanol–water partition coefficient (Wildman–Crippen LogP) is 3.35. The van der Waals surface area contributed by atoms with Crippen LogP contribution in [0, 0.1) is 5.92 Å². The zero-order valence-electron chi connectivity index (χ0n) is 13.5. The molecule has 0 aromatic heterocycles. The number of hydrogen-bond donors (Lipinski definition) is 1. The topological polar surface area (TPSA) is 32.3 Å². The SMILES string of the molecule is O=C(NC1CCN(Cc2ccccc2)CC1)C1CCCCC1. The molecular formula is C19H28N2O. The Morgan fingerprint density at radius 1 is 1.00 bits per heavy atom. The van der Waals surface area contributed by atoms with Crippen LogP contribution in [-0.4, -0.2) is 29.9 Å². The van der Waals surface area contributed by atoms with Gasteiger partial charge >= 0.3 is 0 Å². The molecule has 0 unspecified atom stereocenters. The molecule has 1 aromatic carbocycles. The quantitative estimate of drug-likeness (QED) is 0.925. The van der Waals surface area contributed by atoms with Crippen LogP contribution in [0.1, 0.15) is 50.5 Å². The largest absolute Gasteiger partial charge is 0.353 e. The van der Waals surface area contributed by atoms with Crippen molar-refractivity contribution in [3.05, 3.63) is 35.9 Å². The van der Waals surface area contributed by atoms with E-state index in [-0.39, 0.29) is 5.92 Å². The second-order valence-corrected chi connectivity index (χ2v) is 6.88. The molecule has 3 rings (SSSR count). The van der Waals surface area contributed by atoms with Gasteiger partial charge in [-0.15, -0.1) is 0 Å². The standard InChI is InChI=1S/C19H28N2O/c22-19(17-9-5-2-6-10-17)20-18-11-13-21(14-12-18)15-16-7-3-1-4-8-16/h1,3-4,7-8,17-18H,2,5-6,9-15H2,(H,20,22). The molecule has 1 amide bonds. The zero-order chi connectivity index (χ0) is 15.2. The molecule has 1 N–H and O–H groups in total. The Kier molecular flexibility index (Phi) is 5.49. The van der Waals surface area contributed by atoms with Crippen molar-refractivity contribution in [3.8, 4) is 0 Å². The molecule has 2 fully saturated rings. The summed E-state index contributed by atoms with van der Waals surface area (Å²) in [6.45, 7) is 3.21. The minimum absolute atomic E-state index is 0.288. The van der Waals surface area contributed by atoms with Crippen LogP contribution in [0.4, 0.5) is 0 Å². The van der Waals surface area contributed by atoms with Gasteiger partial charge in [0.15, 0.2) is 0 Å². The number of amides is 1. The molecule has 0 atom stereocenters. The van der Waals surface area contributed by atoms with Crippen LogP contribution in [0.15, 0.2) is 30.3 Å². The van der Waals surface area contributed by atoms with Crippen molar-refractivity contribution in [2.24, 2.45) is 5.92 Å². The fourth-order valence-corrected chi connectivity index (χ4v) is 3.76. The third kappa shape index (κ3) is 4.33. The van der Waals surface area contributed by atoms with Gasteiger partial charge in [-0.1, -0.05) is 49.6 Å². The molecule has 1 aliphatic carbocycles. The number of benzene rings is 1. The number of rotatable bonds is 4. The fourth-order valence-electron chi connectivity index (χ4n) is 3.76. The van der Waals surface area contributed by atoms with Gasteiger partial charge in [-0.3, -0.25) is 9.69 Å². The Morgan fingerprint density at radius 3 is 2.36 bits per heavy atom. The lowest BCUT2D eigenvalue weighted by atomic mass is 9.88. The second kappa shape index (κ2) is 7.77. The second-order valence-electron chi connectivity index (χ2n) is 6.88. The highest BCUT2D eigenvalue weighted by Gasteiger charge is 2.25. The van der Waals surface area contributed by atoms with Gasteiger partial charge in [-0.05, 0) is 31.2 Å². The van der Waals surface area contributed by atoms with E-state index in [4.69, 9.17) is 0 Å². The Balaban J connectivity index is 1.40. The minimum atomic E-state index is 0.288. The van der Waals surface area contributed by atoms with Crippen molar-refractivity contribution in [1.82, 2.24) is 10.2 Å². The zero-order valence-corrected chi connectivity index (χ0v) is 13.5. The number of carbonyl (C=O) groups excluding carboxylic acids is 1. The molecule has 1 aliphatic heterocycles. The Labute approximate surface area is 134 Å². The first-order chi connectivity index (χ1) is 10.8. The first-order valence-corrected chi connectivity index (χ1v) is 8.88. The summed E-state index contributed by atoms with van der Waals surface area (Å²) < 4.78 is 0. The Bertz CT molecular complexity index is 460. The maximum Gasteiger partial charge on any atom is 0.223 e. The van der Waals surface area contributed by atoms with E-state index in [1.807, 2.05) is 0 Å². The van der Waals surface area contributed by atoms with E-state index in [0.29, 0.717) is 11.9 Å². The van der Waals surface area contributed by atoms with Gasteiger partial charge in [0.05, 0.1) is 0 Å². The first kappa shape index (κ1) is 15.5. The van der Waals surface area contributed by atoms with E-state index >= 15 is 0 Å². The summed E-state index contributed by atoms with van der Waals surface area (Å²) in [6, 6.07) is 11.0. The monoisotopic (exact) mass is 300 g/mol. The lowest BCUT2D eigenvalue weighted by Gasteiger charge is -2.33. The van der Waals surface area contributed by atoms with E-state index in [9.17, 15) is 4.79 Å². The van der Waals surface area contributed by atoms with E-state index < -0.39 is 0 Å². The Hall–Kier alpha value is -1.35. The molecule has 3 heteroatoms. The fraction of sp³-hybridized carbons (Fsp3) is 0.632. The molecular weight excluding hydrogens is 272 g/mol. The van der Waals surface area contributed by atoms with Gasteiger partial charge in [0.25, 0.3) is 0 Å². The molecule has 0 radical (unpaired) electrons. The highest BCUT2D eigenvalue weighted by Crippen LogP contribution is 2.24. The van der Waals surface area contributed by atoms with Gasteiger partial charge in [0.2, 0.25) is 5.91 Å². The molecule has 2 aliphatic rings. The van der Waals surface area contributed by atoms with Gasteiger partial charge in [0, 0.05) is 31.6 Å². The molecule has 1 saturated carbocycles. The summed E-state index contributed by atoms with van der Waals surface area (Å²) in [5.41, 5.74) is 1.38. The van der Waals surface area contributed by atoms with Crippen LogP contribution in [0.25, 0.3) is 0 Å². The van der Waals surface area contributed by atoms with Crippen LogP contribution in [-0.2, 0) is 11.3 Å². The molecule has 1 saturated heterocycles. The van der Waals surface area contributed by atoms with Gasteiger partial charge < -0.3 is 5.32 Å². The van der Waals surface area contributed by atoms with Gasteiger partial charge in [-0.25, -0.2) is 0 Å². The van der Waals surface area contributed by atoms with E-state index in [1.165, 1.54) is 24.8 Å². The smallest absolute Gasteiger partial charge is 0.223 e. The third-order valence-electron chi connectivity index (χ3n) is 5.16. The van der Waals surface area contributed by atoms with Crippen LogP contribution in [0.5, 0.6) is 0 Å². The maximum atomic E-state index is 12.3. The number of likely N-dealkylation sites (tertiary alicyclic amines) is 1. The summed E-state index contributed by atoms with van der Waals surface area (Å²) in [5.74, 6) is 0.609. The number of hydrogen-bond acceptors (Lipinski definition) is 2. The summed E-state index contributed by atoms with van der Waals surface area (Å²) in [4.78, 5) is 14.8. The highest BCUT2D eigenvalue weighted by atomic mass is 16.1. The van der Waals surface area contributed by atoms with Gasteiger partial charge in [0.1, 0.15) is 0 Å². The lowest BCUT2D eigenvalue weighted by molar-refractivity contribution is -0.127. The molecule has 0 bridgehead atoms. The van der Waals surface area contributed by atoms with E-state index in [0.717, 1.165) is 45.3 Å².